The maximum atomic E-state index is 14.7. The Morgan fingerprint density at radius 2 is 0.838 bits per heavy atom. The van der Waals surface area contributed by atoms with Gasteiger partial charge in [0.15, 0.2) is 0 Å². The van der Waals surface area contributed by atoms with E-state index in [1.54, 1.807) is 0 Å². The minimum atomic E-state index is -0.597. The largest absolute Gasteiger partial charge is 0.343 e. The van der Waals surface area contributed by atoms with E-state index < -0.39 is 24.2 Å². The smallest absolute Gasteiger partial charge is 0.253 e. The van der Waals surface area contributed by atoms with Crippen molar-refractivity contribution in [1.82, 2.24) is 40.9 Å². The van der Waals surface area contributed by atoms with Crippen LogP contribution in [0.2, 0.25) is 0 Å². The number of benzene rings is 4. The third-order valence-corrected chi connectivity index (χ3v) is 17.6. The van der Waals surface area contributed by atoms with E-state index in [4.69, 9.17) is 0 Å². The molecule has 2 saturated carbocycles. The van der Waals surface area contributed by atoms with Crippen LogP contribution in [0.4, 0.5) is 0 Å². The van der Waals surface area contributed by atoms with Crippen LogP contribution in [0.5, 0.6) is 0 Å². The Hall–Kier alpha value is -6.38. The first kappa shape index (κ1) is 59.7. The number of amides is 6. The van der Waals surface area contributed by atoms with Crippen LogP contribution >= 0.6 is 0 Å². The zero-order valence-electron chi connectivity index (χ0n) is 48.2. The Bertz CT molecular complexity index is 2440. The number of hydrogen-bond donors (Lipinski definition) is 4. The number of likely N-dealkylation sites (N-methyl/N-ethyl adjacent to an activating group) is 2. The lowest BCUT2D eigenvalue weighted by molar-refractivity contribution is -0.139. The molecule has 2 heterocycles. The Kier molecular flexibility index (Phi) is 22.3. The molecule has 0 radical (unpaired) electrons. The van der Waals surface area contributed by atoms with Gasteiger partial charge in [0.2, 0.25) is 23.6 Å². The predicted molar refractivity (Wildman–Crippen MR) is 317 cm³/mol. The zero-order chi connectivity index (χ0) is 56.4. The predicted octanol–water partition coefficient (Wildman–Crippen LogP) is 8.83. The van der Waals surface area contributed by atoms with E-state index in [2.05, 4.69) is 45.5 Å². The molecule has 6 amide bonds. The minimum Gasteiger partial charge on any atom is -0.343 e. The second-order valence-corrected chi connectivity index (χ2v) is 23.1. The summed E-state index contributed by atoms with van der Waals surface area (Å²) in [5.74, 6) is -0.424. The quantitative estimate of drug-likeness (QED) is 0.0512. The van der Waals surface area contributed by atoms with Crippen LogP contribution in [-0.4, -0.2) is 144 Å². The Balaban J connectivity index is 0.968. The normalized spacial score (nSPS) is 19.4. The van der Waals surface area contributed by atoms with Gasteiger partial charge in [0.05, 0.1) is 12.1 Å². The maximum Gasteiger partial charge on any atom is 0.253 e. The summed E-state index contributed by atoms with van der Waals surface area (Å²) in [6.45, 7) is 11.9. The molecule has 4 aromatic carbocycles. The number of carbonyl (C=O) groups excluding carboxylic acids is 6. The van der Waals surface area contributed by atoms with E-state index in [9.17, 15) is 28.8 Å². The lowest BCUT2D eigenvalue weighted by Gasteiger charge is -2.37. The second-order valence-electron chi connectivity index (χ2n) is 23.1. The van der Waals surface area contributed by atoms with Gasteiger partial charge in [0.25, 0.3) is 11.8 Å². The average Bonchev–Trinajstić information content (AvgIpc) is 4.18. The third kappa shape index (κ3) is 16.0. The molecule has 6 atom stereocenters. The molecule has 4 aliphatic rings. The maximum absolute atomic E-state index is 14.7. The molecule has 14 heteroatoms. The van der Waals surface area contributed by atoms with Crippen LogP contribution in [-0.2, 0) is 32.0 Å². The molecule has 8 rings (SSSR count). The third-order valence-electron chi connectivity index (χ3n) is 17.6. The molecule has 0 bridgehead atoms. The lowest BCUT2D eigenvalue weighted by atomic mass is 9.83. The standard InChI is InChI=1S/C66H90N8O6/c1-5-67-47(3)61(75)69-59(53-25-15-9-16-26-53)65(79)73-41-19-29-57(73)45-71(43-39-49-21-11-7-12-22-49)63(77)55-35-31-51(32-36-55)52-33-37-56(38-34-52)64(78)72(44-40-50-23-13-8-14-24-50)46-58-30-20-42-74(58)66(80)60(54-27-17-10-18-28-54)70-62(76)48(4)68-6-2/h7-8,11-14,21-24,31-38,47-48,53-54,57-60,67-68H,5-6,9-10,15-20,25-30,39-46H2,1-4H3,(H,69,75)(H,70,76)/t47-,48-,57-,58-,59-,60-/m0/s1. The number of likely N-dealkylation sites (tertiary alicyclic amines) is 2. The number of rotatable bonds is 25. The van der Waals surface area contributed by atoms with Crippen LogP contribution < -0.4 is 21.3 Å². The van der Waals surface area contributed by atoms with Gasteiger partial charge in [0, 0.05) is 62.5 Å². The molecular formula is C66H90N8O6. The number of nitrogens with zero attached hydrogens (tertiary/aromatic N) is 4. The second kappa shape index (κ2) is 29.9. The van der Waals surface area contributed by atoms with E-state index in [0.29, 0.717) is 76.3 Å². The molecule has 2 aliphatic heterocycles. The molecule has 0 unspecified atom stereocenters. The summed E-state index contributed by atoms with van der Waals surface area (Å²) < 4.78 is 0. The summed E-state index contributed by atoms with van der Waals surface area (Å²) in [5.41, 5.74) is 5.17. The van der Waals surface area contributed by atoms with Gasteiger partial charge in [0.1, 0.15) is 12.1 Å². The van der Waals surface area contributed by atoms with Crippen LogP contribution in [0.25, 0.3) is 11.1 Å². The van der Waals surface area contributed by atoms with E-state index in [1.807, 2.05) is 132 Å². The Morgan fingerprint density at radius 1 is 0.475 bits per heavy atom. The first-order valence-corrected chi connectivity index (χ1v) is 30.5. The molecule has 430 valence electrons. The number of nitrogens with one attached hydrogen (secondary N) is 4. The fourth-order valence-electron chi connectivity index (χ4n) is 12.9. The van der Waals surface area contributed by atoms with Gasteiger partial charge >= 0.3 is 0 Å². The van der Waals surface area contributed by atoms with Crippen molar-refractivity contribution in [2.45, 2.75) is 167 Å². The van der Waals surface area contributed by atoms with E-state index in [1.165, 1.54) is 0 Å². The van der Waals surface area contributed by atoms with E-state index >= 15 is 0 Å². The van der Waals surface area contributed by atoms with Crippen LogP contribution in [0.15, 0.2) is 109 Å². The van der Waals surface area contributed by atoms with Crippen LogP contribution in [0.3, 0.4) is 0 Å². The molecule has 4 N–H and O–H groups in total. The van der Waals surface area contributed by atoms with Crippen molar-refractivity contribution in [3.8, 4) is 11.1 Å². The SMILES string of the molecule is CCN[C@@H](C)C(=O)N[C@H](C(=O)N1CCC[C@H]1CN(CCc1ccccc1)C(=O)c1ccc(-c2ccc(C(=O)N(CCc3ccccc3)C[C@@H]3CCCN3C(=O)[C@@H](NC(=O)[C@H](C)NCC)C3CCCCC3)cc2)cc1)C1CCCCC1. The van der Waals surface area contributed by atoms with Crippen molar-refractivity contribution in [3.05, 3.63) is 131 Å². The van der Waals surface area contributed by atoms with Crippen molar-refractivity contribution >= 4 is 35.4 Å². The van der Waals surface area contributed by atoms with Crippen LogP contribution in [0, 0.1) is 11.8 Å². The Labute approximate surface area is 476 Å². The summed E-state index contributed by atoms with van der Waals surface area (Å²) >= 11 is 0. The van der Waals surface area contributed by atoms with Crippen molar-refractivity contribution in [3.63, 3.8) is 0 Å². The summed E-state index contributed by atoms with van der Waals surface area (Å²) in [6.07, 6.45) is 14.6. The molecule has 2 aliphatic carbocycles. The molecule has 4 fully saturated rings. The van der Waals surface area contributed by atoms with Gasteiger partial charge in [-0.25, -0.2) is 0 Å². The van der Waals surface area contributed by atoms with Gasteiger partial charge < -0.3 is 40.9 Å². The average molecular weight is 1090 g/mol. The van der Waals surface area contributed by atoms with Gasteiger partial charge in [-0.15, -0.1) is 0 Å². The first-order valence-electron chi connectivity index (χ1n) is 30.5. The molecule has 2 saturated heterocycles. The zero-order valence-corrected chi connectivity index (χ0v) is 48.2. The van der Waals surface area contributed by atoms with Gasteiger partial charge in [-0.3, -0.25) is 28.8 Å². The van der Waals surface area contributed by atoms with Gasteiger partial charge in [-0.05, 0) is 150 Å². The van der Waals surface area contributed by atoms with Crippen molar-refractivity contribution < 1.29 is 28.8 Å². The molecular weight excluding hydrogens is 1000 g/mol. The highest BCUT2D eigenvalue weighted by Gasteiger charge is 2.42. The summed E-state index contributed by atoms with van der Waals surface area (Å²) in [6, 6.07) is 33.3. The van der Waals surface area contributed by atoms with Gasteiger partial charge in [-0.1, -0.05) is 137 Å². The van der Waals surface area contributed by atoms with E-state index in [0.717, 1.165) is 112 Å². The minimum absolute atomic E-state index is 0.0344. The first-order chi connectivity index (χ1) is 38.9. The van der Waals surface area contributed by atoms with Crippen molar-refractivity contribution in [1.29, 1.82) is 0 Å². The summed E-state index contributed by atoms with van der Waals surface area (Å²) in [4.78, 5) is 93.4. The summed E-state index contributed by atoms with van der Waals surface area (Å²) in [5, 5.41) is 12.8. The highest BCUT2D eigenvalue weighted by atomic mass is 16.2. The monoisotopic (exact) mass is 1090 g/mol. The van der Waals surface area contributed by atoms with Crippen molar-refractivity contribution in [2.24, 2.45) is 11.8 Å². The topological polar surface area (TPSA) is 163 Å². The number of hydrogen-bond acceptors (Lipinski definition) is 8. The fraction of sp³-hybridized carbons (Fsp3) is 0.545. The highest BCUT2D eigenvalue weighted by Crippen LogP contribution is 2.32. The van der Waals surface area contributed by atoms with Gasteiger partial charge in [-0.2, -0.15) is 0 Å². The van der Waals surface area contributed by atoms with Crippen LogP contribution in [0.1, 0.15) is 149 Å². The molecule has 80 heavy (non-hydrogen) atoms. The van der Waals surface area contributed by atoms with E-state index in [-0.39, 0.29) is 59.4 Å². The lowest BCUT2D eigenvalue weighted by Crippen LogP contribution is -2.57. The molecule has 14 nitrogen and oxygen atoms in total. The number of carbonyl (C=O) groups is 6. The fourth-order valence-corrected chi connectivity index (χ4v) is 12.9. The molecule has 0 spiro atoms. The highest BCUT2D eigenvalue weighted by molar-refractivity contribution is 5.96. The van der Waals surface area contributed by atoms with Crippen molar-refractivity contribution in [2.75, 3.05) is 52.4 Å². The molecule has 4 aromatic rings. The molecule has 0 aromatic heterocycles. The Morgan fingerprint density at radius 3 is 1.19 bits per heavy atom. The summed E-state index contributed by atoms with van der Waals surface area (Å²) in [7, 11) is 0.